The third-order valence-corrected chi connectivity index (χ3v) is 1.83. The minimum atomic E-state index is -0.157. The molecule has 1 rings (SSSR count). The van der Waals surface area contributed by atoms with E-state index in [0.29, 0.717) is 11.6 Å². The van der Waals surface area contributed by atoms with Crippen LogP contribution in [0.3, 0.4) is 0 Å². The predicted octanol–water partition coefficient (Wildman–Crippen LogP) is 1.12. The van der Waals surface area contributed by atoms with E-state index in [0.717, 1.165) is 5.56 Å². The summed E-state index contributed by atoms with van der Waals surface area (Å²) in [5.41, 5.74) is 6.63. The standard InChI is InChI=1S/C8H11ClN2O/c9-8-5-6(1-3-11-8)7(10)2-4-12/h1,3,5,7,12H,2,4,10H2/t7-/m0/s1. The van der Waals surface area contributed by atoms with E-state index in [4.69, 9.17) is 22.4 Å². The zero-order valence-corrected chi connectivity index (χ0v) is 7.33. The molecule has 0 saturated carbocycles. The molecule has 3 N–H and O–H groups in total. The quantitative estimate of drug-likeness (QED) is 0.696. The molecule has 12 heavy (non-hydrogen) atoms. The lowest BCUT2D eigenvalue weighted by Crippen LogP contribution is -2.11. The monoisotopic (exact) mass is 186 g/mol. The lowest BCUT2D eigenvalue weighted by molar-refractivity contribution is 0.276. The van der Waals surface area contributed by atoms with Gasteiger partial charge in [-0.15, -0.1) is 0 Å². The SMILES string of the molecule is N[C@@H](CCO)c1ccnc(Cl)c1. The molecule has 0 aliphatic rings. The Kier molecular flexibility index (Phi) is 3.47. The summed E-state index contributed by atoms with van der Waals surface area (Å²) < 4.78 is 0. The maximum atomic E-state index is 8.64. The number of aliphatic hydroxyl groups excluding tert-OH is 1. The molecule has 0 bridgehead atoms. The first-order valence-electron chi connectivity index (χ1n) is 3.72. The van der Waals surface area contributed by atoms with Gasteiger partial charge in [-0.1, -0.05) is 11.6 Å². The molecule has 0 aliphatic heterocycles. The molecule has 1 aromatic rings. The molecule has 3 nitrogen and oxygen atoms in total. The first-order chi connectivity index (χ1) is 5.74. The van der Waals surface area contributed by atoms with Gasteiger partial charge in [0, 0.05) is 18.8 Å². The Balaban J connectivity index is 2.73. The van der Waals surface area contributed by atoms with Gasteiger partial charge in [-0.05, 0) is 24.1 Å². The first-order valence-corrected chi connectivity index (χ1v) is 4.09. The number of aromatic nitrogens is 1. The smallest absolute Gasteiger partial charge is 0.129 e. The molecule has 0 aliphatic carbocycles. The van der Waals surface area contributed by atoms with Gasteiger partial charge < -0.3 is 10.8 Å². The van der Waals surface area contributed by atoms with E-state index < -0.39 is 0 Å². The number of rotatable bonds is 3. The molecule has 0 fully saturated rings. The summed E-state index contributed by atoms with van der Waals surface area (Å²) in [6.07, 6.45) is 2.15. The van der Waals surface area contributed by atoms with Crippen LogP contribution in [0.2, 0.25) is 5.15 Å². The maximum absolute atomic E-state index is 8.64. The summed E-state index contributed by atoms with van der Waals surface area (Å²) in [5, 5.41) is 9.07. The van der Waals surface area contributed by atoms with Gasteiger partial charge in [0.2, 0.25) is 0 Å². The van der Waals surface area contributed by atoms with Crippen molar-refractivity contribution >= 4 is 11.6 Å². The van der Waals surface area contributed by atoms with Crippen molar-refractivity contribution in [3.63, 3.8) is 0 Å². The van der Waals surface area contributed by atoms with Crippen molar-refractivity contribution in [2.45, 2.75) is 12.5 Å². The van der Waals surface area contributed by atoms with Gasteiger partial charge in [0.15, 0.2) is 0 Å². The molecule has 4 heteroatoms. The van der Waals surface area contributed by atoms with Crippen LogP contribution in [0, 0.1) is 0 Å². The fraction of sp³-hybridized carbons (Fsp3) is 0.375. The van der Waals surface area contributed by atoms with E-state index in [1.165, 1.54) is 0 Å². The van der Waals surface area contributed by atoms with Crippen LogP contribution in [0.15, 0.2) is 18.3 Å². The lowest BCUT2D eigenvalue weighted by Gasteiger charge is -2.09. The van der Waals surface area contributed by atoms with Crippen molar-refractivity contribution in [3.8, 4) is 0 Å². The van der Waals surface area contributed by atoms with Gasteiger partial charge >= 0.3 is 0 Å². The molecule has 0 radical (unpaired) electrons. The van der Waals surface area contributed by atoms with E-state index in [-0.39, 0.29) is 12.6 Å². The average Bonchev–Trinajstić information content (AvgIpc) is 2.05. The van der Waals surface area contributed by atoms with Gasteiger partial charge in [0.1, 0.15) is 5.15 Å². The third-order valence-electron chi connectivity index (χ3n) is 1.62. The van der Waals surface area contributed by atoms with Crippen LogP contribution in [0.25, 0.3) is 0 Å². The number of hydrogen-bond donors (Lipinski definition) is 2. The number of halogens is 1. The number of nitrogens with zero attached hydrogens (tertiary/aromatic N) is 1. The second-order valence-corrected chi connectivity index (χ2v) is 2.92. The number of pyridine rings is 1. The minimum absolute atomic E-state index is 0.0844. The predicted molar refractivity (Wildman–Crippen MR) is 47.9 cm³/mol. The summed E-state index contributed by atoms with van der Waals surface area (Å²) in [4.78, 5) is 3.83. The van der Waals surface area contributed by atoms with Gasteiger partial charge in [-0.3, -0.25) is 0 Å². The van der Waals surface area contributed by atoms with Crippen LogP contribution in [-0.4, -0.2) is 16.7 Å². The Labute approximate surface area is 76.2 Å². The molecular weight excluding hydrogens is 176 g/mol. The van der Waals surface area contributed by atoms with Crippen LogP contribution < -0.4 is 5.73 Å². The van der Waals surface area contributed by atoms with E-state index in [1.807, 2.05) is 0 Å². The zero-order chi connectivity index (χ0) is 8.97. The Morgan fingerprint density at radius 1 is 1.67 bits per heavy atom. The van der Waals surface area contributed by atoms with Crippen molar-refractivity contribution in [2.24, 2.45) is 5.73 Å². The van der Waals surface area contributed by atoms with Crippen molar-refractivity contribution < 1.29 is 5.11 Å². The molecule has 0 amide bonds. The summed E-state index contributed by atoms with van der Waals surface area (Å²) >= 11 is 5.66. The lowest BCUT2D eigenvalue weighted by atomic mass is 10.1. The summed E-state index contributed by atoms with van der Waals surface area (Å²) in [5.74, 6) is 0. The molecule has 1 heterocycles. The van der Waals surface area contributed by atoms with Gasteiger partial charge in [-0.25, -0.2) is 4.98 Å². The third kappa shape index (κ3) is 2.44. The van der Waals surface area contributed by atoms with E-state index in [1.54, 1.807) is 18.3 Å². The summed E-state index contributed by atoms with van der Waals surface area (Å²) in [7, 11) is 0. The zero-order valence-electron chi connectivity index (χ0n) is 6.57. The molecule has 1 atom stereocenters. The minimum Gasteiger partial charge on any atom is -0.396 e. The summed E-state index contributed by atoms with van der Waals surface area (Å²) in [6, 6.07) is 3.35. The van der Waals surface area contributed by atoms with Crippen LogP contribution >= 0.6 is 11.6 Å². The first kappa shape index (κ1) is 9.45. The van der Waals surface area contributed by atoms with Crippen molar-refractivity contribution in [1.29, 1.82) is 0 Å². The normalized spacial score (nSPS) is 12.9. The topological polar surface area (TPSA) is 59.1 Å². The molecule has 66 valence electrons. The van der Waals surface area contributed by atoms with Gasteiger partial charge in [-0.2, -0.15) is 0 Å². The molecule has 0 unspecified atom stereocenters. The molecular formula is C8H11ClN2O. The van der Waals surface area contributed by atoms with Crippen molar-refractivity contribution in [2.75, 3.05) is 6.61 Å². The van der Waals surface area contributed by atoms with Gasteiger partial charge in [0.25, 0.3) is 0 Å². The van der Waals surface area contributed by atoms with Crippen molar-refractivity contribution in [3.05, 3.63) is 29.0 Å². The van der Waals surface area contributed by atoms with Crippen LogP contribution in [0.5, 0.6) is 0 Å². The second kappa shape index (κ2) is 4.40. The van der Waals surface area contributed by atoms with E-state index >= 15 is 0 Å². The highest BCUT2D eigenvalue weighted by Gasteiger charge is 2.04. The Morgan fingerprint density at radius 2 is 2.42 bits per heavy atom. The van der Waals surface area contributed by atoms with Crippen LogP contribution in [0.4, 0.5) is 0 Å². The van der Waals surface area contributed by atoms with Crippen LogP contribution in [-0.2, 0) is 0 Å². The fourth-order valence-corrected chi connectivity index (χ4v) is 1.14. The number of nitrogens with two attached hydrogens (primary N) is 1. The maximum Gasteiger partial charge on any atom is 0.129 e. The molecule has 0 aromatic carbocycles. The van der Waals surface area contributed by atoms with E-state index in [9.17, 15) is 0 Å². The Hall–Kier alpha value is -0.640. The van der Waals surface area contributed by atoms with Crippen molar-refractivity contribution in [1.82, 2.24) is 4.98 Å². The highest BCUT2D eigenvalue weighted by atomic mass is 35.5. The molecule has 0 spiro atoms. The summed E-state index contributed by atoms with van der Waals surface area (Å²) in [6.45, 7) is 0.0844. The average molecular weight is 187 g/mol. The molecule has 0 saturated heterocycles. The Morgan fingerprint density at radius 3 is 3.00 bits per heavy atom. The fourth-order valence-electron chi connectivity index (χ4n) is 0.954. The van der Waals surface area contributed by atoms with Gasteiger partial charge in [0.05, 0.1) is 0 Å². The largest absolute Gasteiger partial charge is 0.396 e. The van der Waals surface area contributed by atoms with Crippen LogP contribution in [0.1, 0.15) is 18.0 Å². The highest BCUT2D eigenvalue weighted by Crippen LogP contribution is 2.15. The second-order valence-electron chi connectivity index (χ2n) is 2.53. The molecule has 1 aromatic heterocycles. The van der Waals surface area contributed by atoms with E-state index in [2.05, 4.69) is 4.98 Å². The number of aliphatic hydroxyl groups is 1. The highest BCUT2D eigenvalue weighted by molar-refractivity contribution is 6.29. The number of hydrogen-bond acceptors (Lipinski definition) is 3. The Bertz CT molecular complexity index is 255.